The Hall–Kier alpha value is -2.19. The fraction of sp³-hybridized carbons (Fsp3) is 0.188. The Balaban J connectivity index is 2.03. The van der Waals surface area contributed by atoms with Crippen LogP contribution in [0, 0.1) is 6.92 Å². The highest BCUT2D eigenvalue weighted by molar-refractivity contribution is 7.12. The quantitative estimate of drug-likeness (QED) is 0.613. The molecule has 0 unspecified atom stereocenters. The van der Waals surface area contributed by atoms with Gasteiger partial charge in [0.2, 0.25) is 0 Å². The number of hydrogen-bond donors (Lipinski definition) is 0. The van der Waals surface area contributed by atoms with Gasteiger partial charge < -0.3 is 9.47 Å². The molecule has 0 N–H and O–H groups in total. The third-order valence-electron chi connectivity index (χ3n) is 3.53. The Morgan fingerprint density at radius 3 is 2.64 bits per heavy atom. The molecule has 0 spiro atoms. The van der Waals surface area contributed by atoms with Crippen LogP contribution in [-0.4, -0.2) is 23.9 Å². The first-order chi connectivity index (χ1) is 11.7. The molecule has 0 radical (unpaired) electrons. The summed E-state index contributed by atoms with van der Waals surface area (Å²) in [5, 5.41) is 1.90. The Bertz CT molecular complexity index is 962. The zero-order valence-electron chi connectivity index (χ0n) is 13.0. The van der Waals surface area contributed by atoms with Crippen molar-refractivity contribution in [2.24, 2.45) is 0 Å². The standard InChI is InChI=1S/C16H11ClF3NO3S/c1-8-5-10-11(3-4-12(23-2)14(10)17)21(8)15(22)9-6-13(25-7-9)24-16(18,19)20/h3-7H,1-2H3. The van der Waals surface area contributed by atoms with Crippen molar-refractivity contribution in [2.75, 3.05) is 7.11 Å². The predicted molar refractivity (Wildman–Crippen MR) is 89.0 cm³/mol. The van der Waals surface area contributed by atoms with Crippen LogP contribution in [0.1, 0.15) is 16.1 Å². The lowest BCUT2D eigenvalue weighted by molar-refractivity contribution is -0.273. The van der Waals surface area contributed by atoms with Crippen LogP contribution in [0.5, 0.6) is 10.8 Å². The number of rotatable bonds is 3. The van der Waals surface area contributed by atoms with Gasteiger partial charge in [0.1, 0.15) is 5.75 Å². The number of benzene rings is 1. The summed E-state index contributed by atoms with van der Waals surface area (Å²) < 4.78 is 47.2. The van der Waals surface area contributed by atoms with Gasteiger partial charge in [-0.15, -0.1) is 24.5 Å². The van der Waals surface area contributed by atoms with Crippen molar-refractivity contribution in [2.45, 2.75) is 13.3 Å². The molecule has 0 fully saturated rings. The molecule has 0 bridgehead atoms. The van der Waals surface area contributed by atoms with Crippen LogP contribution in [0.15, 0.2) is 29.6 Å². The van der Waals surface area contributed by atoms with Gasteiger partial charge in [-0.25, -0.2) is 0 Å². The molecular formula is C16H11ClF3NO3S. The minimum Gasteiger partial charge on any atom is -0.495 e. The lowest BCUT2D eigenvalue weighted by atomic mass is 10.2. The van der Waals surface area contributed by atoms with Gasteiger partial charge >= 0.3 is 6.36 Å². The maximum Gasteiger partial charge on any atom is 0.573 e. The van der Waals surface area contributed by atoms with Gasteiger partial charge in [0.05, 0.1) is 23.2 Å². The second-order valence-electron chi connectivity index (χ2n) is 5.14. The molecule has 4 nitrogen and oxygen atoms in total. The third-order valence-corrected chi connectivity index (χ3v) is 4.72. The van der Waals surface area contributed by atoms with E-state index in [4.69, 9.17) is 16.3 Å². The minimum atomic E-state index is -4.80. The molecule has 3 rings (SSSR count). The number of fused-ring (bicyclic) bond motifs is 1. The van der Waals surface area contributed by atoms with Gasteiger partial charge in [-0.3, -0.25) is 9.36 Å². The number of aromatic nitrogens is 1. The lowest BCUT2D eigenvalue weighted by Gasteiger charge is -2.07. The van der Waals surface area contributed by atoms with Crippen LogP contribution < -0.4 is 9.47 Å². The molecule has 0 aliphatic rings. The summed E-state index contributed by atoms with van der Waals surface area (Å²) in [5.74, 6) is -0.00262. The molecule has 132 valence electrons. The molecule has 3 aromatic rings. The highest BCUT2D eigenvalue weighted by Gasteiger charge is 2.32. The molecule has 0 atom stereocenters. The number of alkyl halides is 3. The molecule has 2 aromatic heterocycles. The Labute approximate surface area is 149 Å². The summed E-state index contributed by atoms with van der Waals surface area (Å²) in [6, 6.07) is 6.08. The second kappa shape index (κ2) is 6.27. The normalized spacial score (nSPS) is 11.8. The highest BCUT2D eigenvalue weighted by Crippen LogP contribution is 2.35. The Kier molecular flexibility index (Phi) is 4.42. The van der Waals surface area contributed by atoms with Crippen molar-refractivity contribution in [3.8, 4) is 10.8 Å². The zero-order valence-corrected chi connectivity index (χ0v) is 14.6. The Morgan fingerprint density at radius 2 is 2.00 bits per heavy atom. The largest absolute Gasteiger partial charge is 0.573 e. The predicted octanol–water partition coefficient (Wildman–Crippen LogP) is 5.26. The van der Waals surface area contributed by atoms with E-state index < -0.39 is 17.3 Å². The summed E-state index contributed by atoms with van der Waals surface area (Å²) in [6.45, 7) is 1.71. The van der Waals surface area contributed by atoms with Gasteiger partial charge in [-0.2, -0.15) is 0 Å². The summed E-state index contributed by atoms with van der Waals surface area (Å²) in [7, 11) is 1.48. The van der Waals surface area contributed by atoms with Crippen molar-refractivity contribution in [1.82, 2.24) is 4.57 Å². The summed E-state index contributed by atoms with van der Waals surface area (Å²) in [5.41, 5.74) is 1.23. The maximum absolute atomic E-state index is 12.7. The first-order valence-corrected chi connectivity index (χ1v) is 8.20. The highest BCUT2D eigenvalue weighted by atomic mass is 35.5. The Morgan fingerprint density at radius 1 is 1.28 bits per heavy atom. The minimum absolute atomic E-state index is 0.0943. The molecular weight excluding hydrogens is 379 g/mol. The number of hydrogen-bond acceptors (Lipinski definition) is 4. The van der Waals surface area contributed by atoms with E-state index in [1.165, 1.54) is 17.1 Å². The molecule has 0 aliphatic carbocycles. The first kappa shape index (κ1) is 17.6. The molecule has 0 amide bonds. The summed E-state index contributed by atoms with van der Waals surface area (Å²) in [6.07, 6.45) is -4.80. The first-order valence-electron chi connectivity index (χ1n) is 6.95. The van der Waals surface area contributed by atoms with Gasteiger partial charge in [-0.1, -0.05) is 11.6 Å². The second-order valence-corrected chi connectivity index (χ2v) is 6.39. The van der Waals surface area contributed by atoms with Gasteiger partial charge in [0, 0.05) is 22.5 Å². The maximum atomic E-state index is 12.7. The summed E-state index contributed by atoms with van der Waals surface area (Å²) >= 11 is 6.96. The van der Waals surface area contributed by atoms with Crippen LogP contribution in [0.3, 0.4) is 0 Å². The molecule has 1 aromatic carbocycles. The van der Waals surface area contributed by atoms with E-state index in [0.717, 1.165) is 6.07 Å². The average molecular weight is 390 g/mol. The number of ether oxygens (including phenoxy) is 2. The van der Waals surface area contributed by atoms with Crippen molar-refractivity contribution in [1.29, 1.82) is 0 Å². The zero-order chi connectivity index (χ0) is 18.4. The molecule has 0 saturated heterocycles. The van der Waals surface area contributed by atoms with Crippen molar-refractivity contribution < 1.29 is 27.4 Å². The van der Waals surface area contributed by atoms with Gasteiger partial charge in [0.25, 0.3) is 5.91 Å². The van der Waals surface area contributed by atoms with Crippen LogP contribution in [-0.2, 0) is 0 Å². The van der Waals surface area contributed by atoms with Crippen LogP contribution in [0.4, 0.5) is 13.2 Å². The van der Waals surface area contributed by atoms with Crippen LogP contribution >= 0.6 is 22.9 Å². The number of carbonyl (C=O) groups excluding carboxylic acids is 1. The number of carbonyl (C=O) groups is 1. The van der Waals surface area contributed by atoms with Crippen LogP contribution in [0.2, 0.25) is 5.02 Å². The van der Waals surface area contributed by atoms with E-state index in [1.54, 1.807) is 25.1 Å². The molecule has 9 heteroatoms. The van der Waals surface area contributed by atoms with Gasteiger partial charge in [-0.05, 0) is 25.1 Å². The van der Waals surface area contributed by atoms with E-state index in [0.29, 0.717) is 38.7 Å². The number of halogens is 4. The smallest absolute Gasteiger partial charge is 0.495 e. The molecule has 25 heavy (non-hydrogen) atoms. The van der Waals surface area contributed by atoms with Crippen LogP contribution in [0.25, 0.3) is 10.9 Å². The molecule has 2 heterocycles. The fourth-order valence-electron chi connectivity index (χ4n) is 2.51. The number of nitrogens with zero attached hydrogens (tertiary/aromatic N) is 1. The lowest BCUT2D eigenvalue weighted by Crippen LogP contribution is -2.16. The van der Waals surface area contributed by atoms with Crippen molar-refractivity contribution in [3.05, 3.63) is 45.9 Å². The van der Waals surface area contributed by atoms with Crippen molar-refractivity contribution >= 4 is 39.7 Å². The monoisotopic (exact) mass is 389 g/mol. The topological polar surface area (TPSA) is 40.5 Å². The van der Waals surface area contributed by atoms with Crippen molar-refractivity contribution in [3.63, 3.8) is 0 Å². The number of methoxy groups -OCH3 is 1. The number of aryl methyl sites for hydroxylation is 1. The van der Waals surface area contributed by atoms with E-state index in [2.05, 4.69) is 4.74 Å². The van der Waals surface area contributed by atoms with E-state index in [-0.39, 0.29) is 5.56 Å². The SMILES string of the molecule is COc1ccc2c(cc(C)n2C(=O)c2csc(OC(F)(F)F)c2)c1Cl. The van der Waals surface area contributed by atoms with E-state index >= 15 is 0 Å². The van der Waals surface area contributed by atoms with E-state index in [9.17, 15) is 18.0 Å². The third kappa shape index (κ3) is 3.32. The average Bonchev–Trinajstić information content (AvgIpc) is 3.10. The number of thiophene rings is 1. The molecule has 0 saturated carbocycles. The van der Waals surface area contributed by atoms with E-state index in [1.807, 2.05) is 0 Å². The fourth-order valence-corrected chi connectivity index (χ4v) is 3.55. The molecule has 0 aliphatic heterocycles. The summed E-state index contributed by atoms with van der Waals surface area (Å²) in [4.78, 5) is 12.7. The van der Waals surface area contributed by atoms with Gasteiger partial charge in [0.15, 0.2) is 5.06 Å².